The summed E-state index contributed by atoms with van der Waals surface area (Å²) < 4.78 is 60.1. The molecule has 4 aromatic heterocycles. The van der Waals surface area contributed by atoms with Gasteiger partial charge < -0.3 is 43.5 Å². The van der Waals surface area contributed by atoms with E-state index in [0.29, 0.717) is 97.7 Å². The number of carbonyl (C=O) groups is 5. The standard InChI is InChI=1S/C42H51ClN4O6S.C13H18N2O3.C9H12N2O3.C5H6N2O3/c1-27-6-4-8-38(51-3)33-14-11-31(33)20-47-25-42(17-5-7-29-18-32(43)13-15-35(29)42)26-53-39-16-12-30(19-36(39)47)40(49)45-54(50,23-27)24-37(48)34-21-46(2)44-41(34)52-22-28-9-10-28;1-15-6-11(13(16)18-8-10-4-5-10)12(14-15)17-7-9-2-3-9;1-11-4-7(9(12)13)8(10-11)14-5-6-2-3-6;1-7-2-3(5(9)10)4(8)6-7/h4,8,12-13,15-16,18-19,21,27-28,31,33,38H,5-7,9-11,14,17,20,22-26H2,1-3H3;6,9-10H,2-5,7-8H2,1H3;4,6H,2-3,5H2,1H3,(H,12,13);2H,1H3,(H,6,8)(H,9,10)/b8-4+;;;/t27-,31-,33+,38-,42-,54+;;;/m0.../s1. The lowest BCUT2D eigenvalue weighted by Crippen LogP contribution is -2.49. The van der Waals surface area contributed by atoms with Crippen molar-refractivity contribution >= 4 is 56.6 Å². The van der Waals surface area contributed by atoms with Crippen LogP contribution in [0.1, 0.15) is 153 Å². The summed E-state index contributed by atoms with van der Waals surface area (Å²) >= 11 is 6.48. The monoisotopic (exact) mass is 1360 g/mol. The first-order chi connectivity index (χ1) is 46.0. The van der Waals surface area contributed by atoms with E-state index in [9.17, 15) is 33.0 Å². The molecule has 8 aliphatic rings. The number of H-pyrrole nitrogens is 1. The molecule has 5 saturated carbocycles. The lowest BCUT2D eigenvalue weighted by Gasteiger charge is -2.46. The third-order valence-corrected chi connectivity index (χ3v) is 21.3. The summed E-state index contributed by atoms with van der Waals surface area (Å²) in [7, 11) is 5.15. The van der Waals surface area contributed by atoms with Gasteiger partial charge in [-0.25, -0.2) is 18.6 Å². The molecule has 0 radical (unpaired) electrons. The summed E-state index contributed by atoms with van der Waals surface area (Å²) in [5, 5.41) is 32.7. The van der Waals surface area contributed by atoms with Crippen LogP contribution in [0.5, 0.6) is 23.4 Å². The van der Waals surface area contributed by atoms with Crippen LogP contribution in [0.15, 0.2) is 82.5 Å². The van der Waals surface area contributed by atoms with E-state index in [4.69, 9.17) is 50.2 Å². The number of carboxylic acids is 2. The van der Waals surface area contributed by atoms with Crippen molar-refractivity contribution in [3.63, 3.8) is 0 Å². The van der Waals surface area contributed by atoms with Crippen molar-refractivity contribution < 1.29 is 66.8 Å². The van der Waals surface area contributed by atoms with E-state index in [1.807, 2.05) is 25.1 Å². The Morgan fingerprint density at radius 3 is 1.90 bits per heavy atom. The second-order valence-corrected chi connectivity index (χ2v) is 30.0. The van der Waals surface area contributed by atoms with Crippen LogP contribution < -0.4 is 29.4 Å². The molecule has 96 heavy (non-hydrogen) atoms. The van der Waals surface area contributed by atoms with Crippen LogP contribution in [0.4, 0.5) is 5.69 Å². The first-order valence-electron chi connectivity index (χ1n) is 33.2. The number of carbonyl (C=O) groups excluding carboxylic acids is 3. The van der Waals surface area contributed by atoms with Gasteiger partial charge in [0.05, 0.1) is 60.3 Å². The van der Waals surface area contributed by atoms with Crippen LogP contribution >= 0.6 is 11.6 Å². The van der Waals surface area contributed by atoms with Gasteiger partial charge in [-0.3, -0.25) is 38.2 Å². The number of hydrogen-bond acceptors (Lipinski definition) is 17. The number of esters is 1. The number of aromatic amines is 1. The van der Waals surface area contributed by atoms with Crippen molar-refractivity contribution in [2.75, 3.05) is 69.6 Å². The number of allylic oxidation sites excluding steroid dienone is 1. The number of aryl methyl sites for hydroxylation is 5. The number of halogens is 1. The van der Waals surface area contributed by atoms with E-state index < -0.39 is 44.7 Å². The van der Waals surface area contributed by atoms with Crippen LogP contribution in [0.3, 0.4) is 0 Å². The SMILES string of the molecule is CO[C@H]1/C=C/C[C@H](C)C[S@@](=O)(CC(=O)c2cn(C)nc2OCC2CC2)=NC(=O)c2ccc3c(c2)N(C[C@@H]2CC[C@H]21)C[C@@]1(CCCc2cc(Cl)ccc21)CO3.Cn1cc(C(=O)O)c(=O)[nH]1.Cn1cc(C(=O)O)c(OCC2CC2)n1.Cn1cc(C(=O)OCC2CC2)c(OCC2CC2)n1. The van der Waals surface area contributed by atoms with Crippen LogP contribution in [-0.4, -0.2) is 154 Å². The van der Waals surface area contributed by atoms with Crippen molar-refractivity contribution in [1.29, 1.82) is 0 Å². The number of nitrogens with zero attached hydrogens (tertiary/aromatic N) is 9. The van der Waals surface area contributed by atoms with Gasteiger partial charge in [-0.2, -0.15) is 4.36 Å². The maximum Gasteiger partial charge on any atom is 0.345 e. The van der Waals surface area contributed by atoms with E-state index in [2.05, 4.69) is 53.9 Å². The topological polar surface area (TPSA) is 305 Å². The van der Waals surface area contributed by atoms with E-state index in [1.54, 1.807) is 58.4 Å². The first-order valence-corrected chi connectivity index (χ1v) is 35.4. The molecule has 25 nitrogen and oxygen atoms in total. The number of aromatic nitrogens is 8. The fourth-order valence-electron chi connectivity index (χ4n) is 12.6. The summed E-state index contributed by atoms with van der Waals surface area (Å²) in [6.07, 6.45) is 25.2. The number of anilines is 1. The number of aromatic carboxylic acids is 2. The van der Waals surface area contributed by atoms with E-state index in [-0.39, 0.29) is 57.6 Å². The molecule has 27 heteroatoms. The van der Waals surface area contributed by atoms with Crippen molar-refractivity contribution in [2.24, 2.45) is 74.0 Å². The zero-order chi connectivity index (χ0) is 68.0. The third-order valence-electron chi connectivity index (χ3n) is 18.7. The maximum atomic E-state index is 14.9. The molecule has 14 rings (SSSR count). The quantitative estimate of drug-likeness (QED) is 0.0409. The summed E-state index contributed by atoms with van der Waals surface area (Å²) in [5.41, 5.74) is 3.48. The number of hydrogen-bond donors (Lipinski definition) is 3. The summed E-state index contributed by atoms with van der Waals surface area (Å²) in [5.74, 6) is 0.644. The minimum Gasteiger partial charge on any atom is -0.490 e. The minimum atomic E-state index is -3.35. The Labute approximate surface area is 562 Å². The number of fused-ring (bicyclic) bond motifs is 4. The summed E-state index contributed by atoms with van der Waals surface area (Å²) in [4.78, 5) is 74.0. The van der Waals surface area contributed by atoms with E-state index >= 15 is 0 Å². The Kier molecular flexibility index (Phi) is 21.6. The second-order valence-electron chi connectivity index (χ2n) is 27.2. The number of rotatable bonds is 18. The van der Waals surface area contributed by atoms with Crippen LogP contribution in [0.2, 0.25) is 5.02 Å². The molecule has 516 valence electrons. The third kappa shape index (κ3) is 17.9. The highest BCUT2D eigenvalue weighted by molar-refractivity contribution is 7.94. The zero-order valence-corrected chi connectivity index (χ0v) is 56.9. The van der Waals surface area contributed by atoms with Crippen LogP contribution in [0.25, 0.3) is 0 Å². The molecule has 2 aromatic carbocycles. The molecule has 6 aliphatic carbocycles. The number of Topliss-reactive ketones (excluding diaryl/α,β-unsaturated/α-hetero) is 1. The van der Waals surface area contributed by atoms with Gasteiger partial charge in [0, 0.05) is 94.9 Å². The fourth-order valence-corrected chi connectivity index (χ4v) is 15.1. The molecule has 6 atom stereocenters. The Hall–Kier alpha value is -8.23. The molecule has 1 amide bonds. The van der Waals surface area contributed by atoms with Gasteiger partial charge in [0.25, 0.3) is 11.5 Å². The summed E-state index contributed by atoms with van der Waals surface area (Å²) in [6, 6.07) is 11.7. The van der Waals surface area contributed by atoms with Crippen molar-refractivity contribution in [2.45, 2.75) is 108 Å². The number of amides is 1. The Balaban J connectivity index is 0.000000177. The van der Waals surface area contributed by atoms with Gasteiger partial charge in [0.15, 0.2) is 5.78 Å². The average molecular weight is 1360 g/mol. The Bertz CT molecular complexity index is 4050. The van der Waals surface area contributed by atoms with Gasteiger partial charge >= 0.3 is 17.9 Å². The van der Waals surface area contributed by atoms with Gasteiger partial charge in [-0.15, -0.1) is 15.3 Å². The normalized spacial score (nSPS) is 23.8. The Morgan fingerprint density at radius 2 is 1.33 bits per heavy atom. The van der Waals surface area contributed by atoms with Gasteiger partial charge in [0.1, 0.15) is 28.0 Å². The van der Waals surface area contributed by atoms with Crippen molar-refractivity contribution in [3.05, 3.63) is 128 Å². The lowest BCUT2D eigenvalue weighted by molar-refractivity contribution is 0.0131. The highest BCUT2D eigenvalue weighted by Crippen LogP contribution is 2.47. The maximum absolute atomic E-state index is 14.9. The second kappa shape index (κ2) is 30.0. The molecule has 6 aromatic rings. The lowest BCUT2D eigenvalue weighted by atomic mass is 9.68. The molecular weight excluding hydrogens is 1280 g/mol. The molecule has 2 aliphatic heterocycles. The highest BCUT2D eigenvalue weighted by atomic mass is 35.5. The molecule has 2 bridgehead atoms. The van der Waals surface area contributed by atoms with Gasteiger partial charge in [-0.05, 0) is 173 Å². The molecule has 5 fully saturated rings. The molecule has 1 spiro atoms. The van der Waals surface area contributed by atoms with Crippen molar-refractivity contribution in [1.82, 2.24) is 39.1 Å². The number of ketones is 1. The molecule has 0 unspecified atom stereocenters. The zero-order valence-electron chi connectivity index (χ0n) is 55.3. The average Bonchev–Trinajstić information content (AvgIpc) is 1.10. The largest absolute Gasteiger partial charge is 0.490 e. The highest BCUT2D eigenvalue weighted by Gasteiger charge is 2.45. The molecule has 0 saturated heterocycles. The first kappa shape index (κ1) is 69.1. The number of benzene rings is 2. The van der Waals surface area contributed by atoms with E-state index in [1.165, 1.54) is 76.1 Å². The predicted molar refractivity (Wildman–Crippen MR) is 356 cm³/mol. The van der Waals surface area contributed by atoms with Crippen molar-refractivity contribution in [3.8, 4) is 23.4 Å². The minimum absolute atomic E-state index is 0.0544. The Morgan fingerprint density at radius 1 is 0.740 bits per heavy atom. The number of carboxylic acid groups (broad SMARTS) is 2. The van der Waals surface area contributed by atoms with Gasteiger partial charge in [-0.1, -0.05) is 36.7 Å². The summed E-state index contributed by atoms with van der Waals surface area (Å²) in [6.45, 7) is 6.25. The molecule has 3 N–H and O–H groups in total. The van der Waals surface area contributed by atoms with Crippen LogP contribution in [0, 0.1) is 41.4 Å². The number of methoxy groups -OCH3 is 1. The van der Waals surface area contributed by atoms with Gasteiger partial charge in [0.2, 0.25) is 17.6 Å². The van der Waals surface area contributed by atoms with Crippen LogP contribution in [-0.2, 0) is 59.2 Å². The predicted octanol–water partition coefficient (Wildman–Crippen LogP) is 9.56. The number of nitrogens with one attached hydrogen (secondary N) is 1. The smallest absolute Gasteiger partial charge is 0.345 e. The fraction of sp³-hybridized carbons (Fsp3) is 0.551. The molecular formula is C69H87ClN10O15S. The molecule has 6 heterocycles. The van der Waals surface area contributed by atoms with E-state index in [0.717, 1.165) is 68.7 Å². The number of ether oxygens (including phenoxy) is 6.